The number of aryl methyl sites for hydroxylation is 1. The fraction of sp³-hybridized carbons (Fsp3) is 0.316. The van der Waals surface area contributed by atoms with E-state index in [1.807, 2.05) is 18.2 Å². The highest BCUT2D eigenvalue weighted by Crippen LogP contribution is 2.31. The molecule has 1 N–H and O–H groups in total. The van der Waals surface area contributed by atoms with Crippen molar-refractivity contribution in [3.63, 3.8) is 0 Å². The summed E-state index contributed by atoms with van der Waals surface area (Å²) in [6.07, 6.45) is 2.88. The summed E-state index contributed by atoms with van der Waals surface area (Å²) in [7, 11) is 0. The Balaban J connectivity index is 1.91. The lowest BCUT2D eigenvalue weighted by molar-refractivity contribution is -0.122. The number of hydrogen-bond donors (Lipinski definition) is 1. The highest BCUT2D eigenvalue weighted by molar-refractivity contribution is 5.81. The monoisotopic (exact) mass is 297 g/mol. The number of hydrogen-bond acceptors (Lipinski definition) is 1. The highest BCUT2D eigenvalue weighted by Gasteiger charge is 2.31. The molecule has 1 saturated carbocycles. The average molecular weight is 297 g/mol. The minimum Gasteiger partial charge on any atom is -0.345 e. The zero-order valence-corrected chi connectivity index (χ0v) is 12.7. The Morgan fingerprint density at radius 3 is 2.50 bits per heavy atom. The van der Waals surface area contributed by atoms with Crippen LogP contribution in [0.1, 0.15) is 42.5 Å². The van der Waals surface area contributed by atoms with Crippen LogP contribution >= 0.6 is 0 Å². The largest absolute Gasteiger partial charge is 0.345 e. The second-order valence-electron chi connectivity index (χ2n) is 5.87. The van der Waals surface area contributed by atoms with E-state index in [0.29, 0.717) is 0 Å². The zero-order chi connectivity index (χ0) is 15.5. The summed E-state index contributed by atoms with van der Waals surface area (Å²) < 4.78 is 13.6. The average Bonchev–Trinajstić information content (AvgIpc) is 3.37. The van der Waals surface area contributed by atoms with Gasteiger partial charge in [0.1, 0.15) is 5.82 Å². The van der Waals surface area contributed by atoms with Crippen LogP contribution in [0.2, 0.25) is 0 Å². The molecule has 0 aromatic heterocycles. The first-order valence-electron chi connectivity index (χ1n) is 7.82. The van der Waals surface area contributed by atoms with Crippen molar-refractivity contribution in [2.75, 3.05) is 0 Å². The minimum atomic E-state index is -0.297. The molecule has 1 fully saturated rings. The molecule has 3 rings (SSSR count). The fourth-order valence-electron chi connectivity index (χ4n) is 2.60. The van der Waals surface area contributed by atoms with Crippen LogP contribution in [0.4, 0.5) is 4.39 Å². The molecule has 1 aliphatic rings. The van der Waals surface area contributed by atoms with Crippen LogP contribution in [0, 0.1) is 11.7 Å². The lowest BCUT2D eigenvalue weighted by Gasteiger charge is -2.20. The molecule has 0 bridgehead atoms. The topological polar surface area (TPSA) is 29.1 Å². The first-order chi connectivity index (χ1) is 10.7. The van der Waals surface area contributed by atoms with Gasteiger partial charge in [0.25, 0.3) is 0 Å². The van der Waals surface area contributed by atoms with Gasteiger partial charge in [0.05, 0.1) is 6.04 Å². The van der Waals surface area contributed by atoms with E-state index in [9.17, 15) is 9.18 Å². The summed E-state index contributed by atoms with van der Waals surface area (Å²) in [5.41, 5.74) is 3.00. The van der Waals surface area contributed by atoms with Crippen molar-refractivity contribution in [2.24, 2.45) is 5.92 Å². The Kier molecular flexibility index (Phi) is 4.23. The predicted octanol–water partition coefficient (Wildman–Crippen LogP) is 4.00. The van der Waals surface area contributed by atoms with E-state index in [4.69, 9.17) is 0 Å². The third-order valence-corrected chi connectivity index (χ3v) is 4.14. The number of halogens is 1. The quantitative estimate of drug-likeness (QED) is 0.888. The van der Waals surface area contributed by atoms with Crippen LogP contribution < -0.4 is 5.32 Å². The number of nitrogens with one attached hydrogen (secondary N) is 1. The minimum absolute atomic E-state index is 0.0637. The Bertz CT molecular complexity index is 661. The molecule has 0 heterocycles. The standard InChI is InChI=1S/C19H20FNO/c1-2-13-6-8-14(9-7-13)18(21-19(22)15-10-11-15)16-4-3-5-17(20)12-16/h3-9,12,15,18H,2,10-11H2,1H3,(H,21,22)/t18-/m1/s1. The van der Waals surface area contributed by atoms with Gasteiger partial charge in [-0.3, -0.25) is 4.79 Å². The van der Waals surface area contributed by atoms with E-state index in [1.165, 1.54) is 17.7 Å². The van der Waals surface area contributed by atoms with Crippen LogP contribution in [0.25, 0.3) is 0 Å². The second kappa shape index (κ2) is 6.30. The number of amides is 1. The molecule has 1 atom stereocenters. The van der Waals surface area contributed by atoms with E-state index in [0.717, 1.165) is 30.4 Å². The molecule has 114 valence electrons. The van der Waals surface area contributed by atoms with Crippen molar-refractivity contribution in [3.05, 3.63) is 71.0 Å². The van der Waals surface area contributed by atoms with Gasteiger partial charge in [-0.1, -0.05) is 43.3 Å². The van der Waals surface area contributed by atoms with Gasteiger partial charge in [-0.2, -0.15) is 0 Å². The number of carbonyl (C=O) groups excluding carboxylic acids is 1. The normalized spacial score (nSPS) is 15.4. The van der Waals surface area contributed by atoms with Gasteiger partial charge in [0, 0.05) is 5.92 Å². The molecule has 2 aromatic rings. The van der Waals surface area contributed by atoms with Gasteiger partial charge in [-0.25, -0.2) is 4.39 Å². The fourth-order valence-corrected chi connectivity index (χ4v) is 2.60. The van der Waals surface area contributed by atoms with Crippen LogP contribution in [-0.4, -0.2) is 5.91 Å². The van der Waals surface area contributed by atoms with E-state index >= 15 is 0 Å². The molecule has 3 heteroatoms. The first kappa shape index (κ1) is 14.8. The summed E-state index contributed by atoms with van der Waals surface area (Å²) in [6.45, 7) is 2.11. The van der Waals surface area contributed by atoms with E-state index in [1.54, 1.807) is 6.07 Å². The molecule has 1 amide bonds. The SMILES string of the molecule is CCc1ccc([C@@H](NC(=O)C2CC2)c2cccc(F)c2)cc1. The van der Waals surface area contributed by atoms with E-state index in [2.05, 4.69) is 24.4 Å². The Morgan fingerprint density at radius 1 is 1.18 bits per heavy atom. The smallest absolute Gasteiger partial charge is 0.223 e. The van der Waals surface area contributed by atoms with Gasteiger partial charge in [0.15, 0.2) is 0 Å². The van der Waals surface area contributed by atoms with Crippen molar-refractivity contribution in [2.45, 2.75) is 32.2 Å². The van der Waals surface area contributed by atoms with Gasteiger partial charge in [-0.15, -0.1) is 0 Å². The van der Waals surface area contributed by atoms with Crippen molar-refractivity contribution >= 4 is 5.91 Å². The van der Waals surface area contributed by atoms with Gasteiger partial charge in [0.2, 0.25) is 5.91 Å². The molecule has 1 aliphatic carbocycles. The maximum atomic E-state index is 13.6. The summed E-state index contributed by atoms with van der Waals surface area (Å²) in [6, 6.07) is 14.3. The van der Waals surface area contributed by atoms with Crippen molar-refractivity contribution in [1.29, 1.82) is 0 Å². The zero-order valence-electron chi connectivity index (χ0n) is 12.7. The maximum Gasteiger partial charge on any atom is 0.223 e. The molecule has 0 spiro atoms. The van der Waals surface area contributed by atoms with Crippen LogP contribution in [0.3, 0.4) is 0 Å². The molecular formula is C19H20FNO. The summed E-state index contributed by atoms with van der Waals surface area (Å²) in [5.74, 6) is -0.0897. The first-order valence-corrected chi connectivity index (χ1v) is 7.82. The third kappa shape index (κ3) is 3.35. The van der Waals surface area contributed by atoms with Crippen molar-refractivity contribution in [3.8, 4) is 0 Å². The number of carbonyl (C=O) groups is 1. The Hall–Kier alpha value is -2.16. The van der Waals surface area contributed by atoms with Gasteiger partial charge < -0.3 is 5.32 Å². The van der Waals surface area contributed by atoms with Crippen LogP contribution in [0.5, 0.6) is 0 Å². The molecule has 2 nitrogen and oxygen atoms in total. The van der Waals surface area contributed by atoms with Crippen molar-refractivity contribution in [1.82, 2.24) is 5.32 Å². The highest BCUT2D eigenvalue weighted by atomic mass is 19.1. The van der Waals surface area contributed by atoms with Crippen molar-refractivity contribution < 1.29 is 9.18 Å². The maximum absolute atomic E-state index is 13.6. The summed E-state index contributed by atoms with van der Waals surface area (Å²) in [5, 5.41) is 3.07. The van der Waals surface area contributed by atoms with Gasteiger partial charge in [-0.05, 0) is 48.1 Å². The number of benzene rings is 2. The third-order valence-electron chi connectivity index (χ3n) is 4.14. The molecule has 0 saturated heterocycles. The second-order valence-corrected chi connectivity index (χ2v) is 5.87. The van der Waals surface area contributed by atoms with E-state index in [-0.39, 0.29) is 23.7 Å². The predicted molar refractivity (Wildman–Crippen MR) is 84.9 cm³/mol. The molecular weight excluding hydrogens is 277 g/mol. The van der Waals surface area contributed by atoms with Gasteiger partial charge >= 0.3 is 0 Å². The van der Waals surface area contributed by atoms with Crippen LogP contribution in [-0.2, 0) is 11.2 Å². The summed E-state index contributed by atoms with van der Waals surface area (Å²) >= 11 is 0. The lowest BCUT2D eigenvalue weighted by atomic mass is 9.97. The molecule has 0 radical (unpaired) electrons. The molecule has 0 aliphatic heterocycles. The van der Waals surface area contributed by atoms with Crippen LogP contribution in [0.15, 0.2) is 48.5 Å². The Labute approximate surface area is 130 Å². The molecule has 2 aromatic carbocycles. The Morgan fingerprint density at radius 2 is 1.91 bits per heavy atom. The molecule has 0 unspecified atom stereocenters. The molecule has 22 heavy (non-hydrogen) atoms. The summed E-state index contributed by atoms with van der Waals surface area (Å²) in [4.78, 5) is 12.2. The number of rotatable bonds is 5. The lowest BCUT2D eigenvalue weighted by Crippen LogP contribution is -2.30. The van der Waals surface area contributed by atoms with E-state index < -0.39 is 0 Å².